The summed E-state index contributed by atoms with van der Waals surface area (Å²) < 4.78 is 31.2. The van der Waals surface area contributed by atoms with E-state index in [1.54, 1.807) is 17.7 Å². The normalized spacial score (nSPS) is 16.6. The number of ether oxygens (including phenoxy) is 1. The Bertz CT molecular complexity index is 784. The fourth-order valence-corrected chi connectivity index (χ4v) is 4.40. The number of para-hydroxylation sites is 1. The van der Waals surface area contributed by atoms with Crippen molar-refractivity contribution < 1.29 is 13.2 Å². The second-order valence-electron chi connectivity index (χ2n) is 5.76. The van der Waals surface area contributed by atoms with E-state index in [9.17, 15) is 8.42 Å². The SMILES string of the molecule is COCCCS(=O)(=O)N1CCN(c2ncnc3ccccc23)CC1. The van der Waals surface area contributed by atoms with E-state index in [1.807, 2.05) is 24.3 Å². The van der Waals surface area contributed by atoms with Gasteiger partial charge in [0.15, 0.2) is 0 Å². The molecule has 0 radical (unpaired) electrons. The van der Waals surface area contributed by atoms with Crippen LogP contribution >= 0.6 is 0 Å². The molecule has 0 amide bonds. The minimum absolute atomic E-state index is 0.136. The zero-order chi connectivity index (χ0) is 17.0. The predicted octanol–water partition coefficient (Wildman–Crippen LogP) is 1.12. The fraction of sp³-hybridized carbons (Fsp3) is 0.500. The first-order valence-corrected chi connectivity index (χ1v) is 9.64. The molecular formula is C16H22N4O3S. The summed E-state index contributed by atoms with van der Waals surface area (Å²) in [6.07, 6.45) is 2.08. The van der Waals surface area contributed by atoms with E-state index in [1.165, 1.54) is 0 Å². The molecule has 2 aromatic rings. The summed E-state index contributed by atoms with van der Waals surface area (Å²) in [5.74, 6) is 1.01. The summed E-state index contributed by atoms with van der Waals surface area (Å²) in [6.45, 7) is 2.68. The molecule has 2 heterocycles. The Morgan fingerprint density at radius 3 is 2.62 bits per heavy atom. The van der Waals surface area contributed by atoms with Crippen molar-refractivity contribution >= 4 is 26.7 Å². The summed E-state index contributed by atoms with van der Waals surface area (Å²) >= 11 is 0. The van der Waals surface area contributed by atoms with Gasteiger partial charge in [0.2, 0.25) is 10.0 Å². The average molecular weight is 350 g/mol. The first kappa shape index (κ1) is 17.1. The number of benzene rings is 1. The maximum absolute atomic E-state index is 12.3. The Morgan fingerprint density at radius 1 is 1.12 bits per heavy atom. The number of aromatic nitrogens is 2. The molecule has 0 unspecified atom stereocenters. The van der Waals surface area contributed by atoms with Gasteiger partial charge in [-0.1, -0.05) is 12.1 Å². The van der Waals surface area contributed by atoms with E-state index < -0.39 is 10.0 Å². The molecule has 24 heavy (non-hydrogen) atoms. The van der Waals surface area contributed by atoms with Crippen molar-refractivity contribution in [2.24, 2.45) is 0 Å². The van der Waals surface area contributed by atoms with Gasteiger partial charge in [0.05, 0.1) is 11.3 Å². The van der Waals surface area contributed by atoms with Crippen LogP contribution in [0.2, 0.25) is 0 Å². The van der Waals surface area contributed by atoms with E-state index in [-0.39, 0.29) is 5.75 Å². The molecule has 0 aliphatic carbocycles. The molecule has 0 atom stereocenters. The zero-order valence-corrected chi connectivity index (χ0v) is 14.6. The lowest BCUT2D eigenvalue weighted by atomic mass is 10.2. The molecule has 1 aromatic carbocycles. The largest absolute Gasteiger partial charge is 0.385 e. The van der Waals surface area contributed by atoms with Crippen molar-refractivity contribution in [3.8, 4) is 0 Å². The van der Waals surface area contributed by atoms with Crippen molar-refractivity contribution in [3.63, 3.8) is 0 Å². The Kier molecular flexibility index (Phi) is 5.27. The lowest BCUT2D eigenvalue weighted by molar-refractivity contribution is 0.199. The Morgan fingerprint density at radius 2 is 1.88 bits per heavy atom. The van der Waals surface area contributed by atoms with E-state index in [2.05, 4.69) is 14.9 Å². The van der Waals surface area contributed by atoms with Crippen molar-refractivity contribution in [3.05, 3.63) is 30.6 Å². The highest BCUT2D eigenvalue weighted by atomic mass is 32.2. The van der Waals surface area contributed by atoms with Gasteiger partial charge in [0.25, 0.3) is 0 Å². The van der Waals surface area contributed by atoms with E-state index in [4.69, 9.17) is 4.74 Å². The predicted molar refractivity (Wildman–Crippen MR) is 93.6 cm³/mol. The quantitative estimate of drug-likeness (QED) is 0.727. The van der Waals surface area contributed by atoms with E-state index >= 15 is 0 Å². The second kappa shape index (κ2) is 7.42. The number of methoxy groups -OCH3 is 1. The first-order chi connectivity index (χ1) is 11.6. The number of fused-ring (bicyclic) bond motifs is 1. The maximum atomic E-state index is 12.3. The summed E-state index contributed by atoms with van der Waals surface area (Å²) in [7, 11) is -1.63. The number of sulfonamides is 1. The van der Waals surface area contributed by atoms with Gasteiger partial charge in [-0.25, -0.2) is 18.4 Å². The van der Waals surface area contributed by atoms with Crippen molar-refractivity contribution in [2.45, 2.75) is 6.42 Å². The van der Waals surface area contributed by atoms with Crippen LogP contribution in [0, 0.1) is 0 Å². The van der Waals surface area contributed by atoms with Gasteiger partial charge in [-0.2, -0.15) is 4.31 Å². The van der Waals surface area contributed by atoms with Crippen LogP contribution in [0.3, 0.4) is 0 Å². The highest BCUT2D eigenvalue weighted by Gasteiger charge is 2.27. The van der Waals surface area contributed by atoms with Crippen molar-refractivity contribution in [1.29, 1.82) is 0 Å². The zero-order valence-electron chi connectivity index (χ0n) is 13.8. The first-order valence-electron chi connectivity index (χ1n) is 8.03. The number of anilines is 1. The number of piperazine rings is 1. The molecule has 8 heteroatoms. The van der Waals surface area contributed by atoms with Crippen LogP contribution in [-0.2, 0) is 14.8 Å². The molecule has 1 fully saturated rings. The highest BCUT2D eigenvalue weighted by Crippen LogP contribution is 2.24. The molecule has 1 aromatic heterocycles. The van der Waals surface area contributed by atoms with Gasteiger partial charge in [-0.05, 0) is 18.6 Å². The average Bonchev–Trinajstić information content (AvgIpc) is 2.61. The van der Waals surface area contributed by atoms with E-state index in [0.717, 1.165) is 16.7 Å². The number of nitrogens with zero attached hydrogens (tertiary/aromatic N) is 4. The van der Waals surface area contributed by atoms with Crippen LogP contribution in [0.5, 0.6) is 0 Å². The van der Waals surface area contributed by atoms with Gasteiger partial charge in [-0.3, -0.25) is 0 Å². The number of hydrogen-bond donors (Lipinski definition) is 0. The molecule has 130 valence electrons. The molecule has 1 saturated heterocycles. The topological polar surface area (TPSA) is 75.6 Å². The molecule has 0 spiro atoms. The minimum atomic E-state index is -3.21. The van der Waals surface area contributed by atoms with Gasteiger partial charge in [0, 0.05) is 45.3 Å². The second-order valence-corrected chi connectivity index (χ2v) is 7.85. The van der Waals surface area contributed by atoms with Crippen LogP contribution < -0.4 is 4.90 Å². The smallest absolute Gasteiger partial charge is 0.214 e. The fourth-order valence-electron chi connectivity index (χ4n) is 2.94. The molecule has 3 rings (SSSR count). The van der Waals surface area contributed by atoms with Crippen LogP contribution in [-0.4, -0.2) is 68.3 Å². The lowest BCUT2D eigenvalue weighted by Crippen LogP contribution is -2.49. The van der Waals surface area contributed by atoms with Crippen LogP contribution in [0.25, 0.3) is 10.9 Å². The maximum Gasteiger partial charge on any atom is 0.214 e. The molecule has 1 aliphatic rings. The van der Waals surface area contributed by atoms with Gasteiger partial charge in [0.1, 0.15) is 12.1 Å². The highest BCUT2D eigenvalue weighted by molar-refractivity contribution is 7.89. The van der Waals surface area contributed by atoms with Crippen LogP contribution in [0.4, 0.5) is 5.82 Å². The molecule has 0 bridgehead atoms. The molecular weight excluding hydrogens is 328 g/mol. The summed E-state index contributed by atoms with van der Waals surface area (Å²) in [6, 6.07) is 7.87. The Labute approximate surface area is 142 Å². The van der Waals surface area contributed by atoms with Gasteiger partial charge >= 0.3 is 0 Å². The van der Waals surface area contributed by atoms with E-state index in [0.29, 0.717) is 39.2 Å². The summed E-state index contributed by atoms with van der Waals surface area (Å²) in [5.41, 5.74) is 0.900. The molecule has 0 saturated carbocycles. The summed E-state index contributed by atoms with van der Waals surface area (Å²) in [5, 5.41) is 0.997. The van der Waals surface area contributed by atoms with Gasteiger partial charge < -0.3 is 9.64 Å². The third-order valence-electron chi connectivity index (χ3n) is 4.20. The van der Waals surface area contributed by atoms with Gasteiger partial charge in [-0.15, -0.1) is 0 Å². The monoisotopic (exact) mass is 350 g/mol. The van der Waals surface area contributed by atoms with Crippen LogP contribution in [0.1, 0.15) is 6.42 Å². The Hall–Kier alpha value is -1.77. The standard InChI is InChI=1S/C16H22N4O3S/c1-23-11-4-12-24(21,22)20-9-7-19(8-10-20)16-14-5-2-3-6-15(14)17-13-18-16/h2-3,5-6,13H,4,7-12H2,1H3. The minimum Gasteiger partial charge on any atom is -0.385 e. The number of hydrogen-bond acceptors (Lipinski definition) is 6. The molecule has 7 nitrogen and oxygen atoms in total. The Balaban J connectivity index is 1.68. The third kappa shape index (κ3) is 3.66. The van der Waals surface area contributed by atoms with Crippen molar-refractivity contribution in [1.82, 2.24) is 14.3 Å². The van der Waals surface area contributed by atoms with Crippen LogP contribution in [0.15, 0.2) is 30.6 Å². The summed E-state index contributed by atoms with van der Waals surface area (Å²) in [4.78, 5) is 10.8. The third-order valence-corrected chi connectivity index (χ3v) is 6.16. The molecule has 1 aliphatic heterocycles. The molecule has 0 N–H and O–H groups in total. The lowest BCUT2D eigenvalue weighted by Gasteiger charge is -2.35. The van der Waals surface area contributed by atoms with Crippen molar-refractivity contribution in [2.75, 3.05) is 50.5 Å². The number of rotatable bonds is 6.